The van der Waals surface area contributed by atoms with Gasteiger partial charge in [-0.3, -0.25) is 4.31 Å². The minimum Gasteiger partial charge on any atom is -0.496 e. The van der Waals surface area contributed by atoms with Crippen molar-refractivity contribution in [2.45, 2.75) is 76.7 Å². The molecule has 0 unspecified atom stereocenters. The van der Waals surface area contributed by atoms with Gasteiger partial charge in [0.2, 0.25) is 0 Å². The Kier molecular flexibility index (Phi) is 5.70. The third-order valence-corrected chi connectivity index (χ3v) is 7.78. The van der Waals surface area contributed by atoms with Gasteiger partial charge in [0.25, 0.3) is 10.0 Å². The van der Waals surface area contributed by atoms with Crippen LogP contribution in [-0.2, 0) is 27.3 Å². The van der Waals surface area contributed by atoms with E-state index in [0.29, 0.717) is 22.0 Å². The molecule has 1 heterocycles. The zero-order chi connectivity index (χ0) is 22.6. The first-order chi connectivity index (χ1) is 13.7. The molecule has 3 rings (SSSR count). The molecule has 30 heavy (non-hydrogen) atoms. The van der Waals surface area contributed by atoms with Crippen molar-refractivity contribution >= 4 is 27.3 Å². The van der Waals surface area contributed by atoms with E-state index in [1.54, 1.807) is 35.7 Å². The Balaban J connectivity index is 2.28. The molecule has 0 radical (unpaired) electrons. The van der Waals surface area contributed by atoms with Gasteiger partial charge in [-0.2, -0.15) is 0 Å². The summed E-state index contributed by atoms with van der Waals surface area (Å²) in [5, 5.41) is 0.620. The molecule has 6 heteroatoms. The molecule has 2 aromatic rings. The van der Waals surface area contributed by atoms with Crippen molar-refractivity contribution in [3.8, 4) is 5.75 Å². The van der Waals surface area contributed by atoms with Crippen molar-refractivity contribution in [1.29, 1.82) is 0 Å². The highest BCUT2D eigenvalue weighted by Crippen LogP contribution is 2.44. The molecule has 4 nitrogen and oxygen atoms in total. The van der Waals surface area contributed by atoms with Crippen LogP contribution >= 0.6 is 11.6 Å². The number of nitrogens with zero attached hydrogens (tertiary/aromatic N) is 1. The van der Waals surface area contributed by atoms with Crippen LogP contribution in [0.3, 0.4) is 0 Å². The van der Waals surface area contributed by atoms with Crippen LogP contribution in [0.25, 0.3) is 0 Å². The number of sulfonamides is 1. The molecule has 0 spiro atoms. The van der Waals surface area contributed by atoms with E-state index in [-0.39, 0.29) is 16.9 Å². The van der Waals surface area contributed by atoms with Crippen LogP contribution in [0, 0.1) is 0 Å². The Morgan fingerprint density at radius 3 is 2.00 bits per heavy atom. The molecule has 0 fully saturated rings. The molecule has 1 aliphatic heterocycles. The van der Waals surface area contributed by atoms with Crippen LogP contribution in [0.2, 0.25) is 5.02 Å². The molecule has 164 valence electrons. The van der Waals surface area contributed by atoms with Gasteiger partial charge in [-0.25, -0.2) is 8.42 Å². The Bertz CT molecular complexity index is 1040. The predicted octanol–water partition coefficient (Wildman–Crippen LogP) is 6.08. The molecule has 0 bridgehead atoms. The van der Waals surface area contributed by atoms with Gasteiger partial charge in [-0.15, -0.1) is 0 Å². The van der Waals surface area contributed by atoms with Crippen LogP contribution < -0.4 is 9.04 Å². The number of halogens is 1. The summed E-state index contributed by atoms with van der Waals surface area (Å²) in [5.74, 6) is 0.760. The zero-order valence-electron chi connectivity index (χ0n) is 19.1. The lowest BCUT2D eigenvalue weighted by Gasteiger charge is -2.31. The van der Waals surface area contributed by atoms with Gasteiger partial charge in [0.05, 0.1) is 17.7 Å². The Labute approximate surface area is 186 Å². The fourth-order valence-electron chi connectivity index (χ4n) is 4.14. The minimum absolute atomic E-state index is 0.179. The van der Waals surface area contributed by atoms with Crippen molar-refractivity contribution in [1.82, 2.24) is 0 Å². The first-order valence-corrected chi connectivity index (χ1v) is 12.1. The van der Waals surface area contributed by atoms with Crippen molar-refractivity contribution in [3.05, 3.63) is 52.0 Å². The van der Waals surface area contributed by atoms with Gasteiger partial charge in [-0.1, -0.05) is 53.1 Å². The summed E-state index contributed by atoms with van der Waals surface area (Å²) in [7, 11) is -2.12. The molecule has 0 amide bonds. The average Bonchev–Trinajstić information content (AvgIpc) is 2.94. The lowest BCUT2D eigenvalue weighted by molar-refractivity contribution is 0.380. The number of ether oxygens (including phenoxy) is 1. The quantitative estimate of drug-likeness (QED) is 0.570. The Morgan fingerprint density at radius 1 is 1.00 bits per heavy atom. The number of hydrogen-bond acceptors (Lipinski definition) is 3. The Hall–Kier alpha value is -1.72. The molecule has 0 saturated heterocycles. The maximum absolute atomic E-state index is 13.9. The van der Waals surface area contributed by atoms with Crippen molar-refractivity contribution in [3.63, 3.8) is 0 Å². The lowest BCUT2D eigenvalue weighted by Crippen LogP contribution is -2.36. The maximum Gasteiger partial charge on any atom is 0.264 e. The number of anilines is 1. The van der Waals surface area contributed by atoms with E-state index in [9.17, 15) is 8.42 Å². The second-order valence-electron chi connectivity index (χ2n) is 10.2. The summed E-state index contributed by atoms with van der Waals surface area (Å²) < 4.78 is 35.1. The van der Waals surface area contributed by atoms with Crippen LogP contribution in [0.5, 0.6) is 5.75 Å². The molecular formula is C24H32ClNO3S. The maximum atomic E-state index is 13.9. The van der Waals surface area contributed by atoms with Gasteiger partial charge < -0.3 is 4.74 Å². The SMILES string of the molecule is COc1c(C(C)(C)C)cc(S(=O)(=O)N2c3ccc(Cl)cc3C[C@H]2C)cc1C(C)(C)C. The first-order valence-electron chi connectivity index (χ1n) is 10.2. The van der Waals surface area contributed by atoms with Gasteiger partial charge in [0.15, 0.2) is 0 Å². The normalized spacial score (nSPS) is 17.2. The highest BCUT2D eigenvalue weighted by Gasteiger charge is 2.38. The molecule has 0 aliphatic carbocycles. The minimum atomic E-state index is -3.77. The molecule has 1 aliphatic rings. The predicted molar refractivity (Wildman–Crippen MR) is 125 cm³/mol. The van der Waals surface area contributed by atoms with Crippen LogP contribution in [0.4, 0.5) is 5.69 Å². The zero-order valence-corrected chi connectivity index (χ0v) is 20.7. The molecule has 0 aromatic heterocycles. The number of benzene rings is 2. The molecule has 2 aromatic carbocycles. The first kappa shape index (κ1) is 23.0. The average molecular weight is 450 g/mol. The second-order valence-corrected chi connectivity index (χ2v) is 12.4. The van der Waals surface area contributed by atoms with Crippen molar-refractivity contribution in [2.24, 2.45) is 0 Å². The smallest absolute Gasteiger partial charge is 0.264 e. The van der Waals surface area contributed by atoms with Crippen molar-refractivity contribution < 1.29 is 13.2 Å². The lowest BCUT2D eigenvalue weighted by atomic mass is 9.79. The van der Waals surface area contributed by atoms with E-state index in [1.807, 2.05) is 13.0 Å². The van der Waals surface area contributed by atoms with E-state index >= 15 is 0 Å². The third-order valence-electron chi connectivity index (χ3n) is 5.63. The van der Waals surface area contributed by atoms with E-state index in [2.05, 4.69) is 41.5 Å². The monoisotopic (exact) mass is 449 g/mol. The van der Waals surface area contributed by atoms with Crippen LogP contribution in [-0.4, -0.2) is 21.6 Å². The molecule has 1 atom stereocenters. The van der Waals surface area contributed by atoms with Gasteiger partial charge in [0, 0.05) is 22.2 Å². The fraction of sp³-hybridized carbons (Fsp3) is 0.500. The molecule has 0 saturated carbocycles. The largest absolute Gasteiger partial charge is 0.496 e. The third kappa shape index (κ3) is 3.94. The molecule has 0 N–H and O–H groups in total. The standard InChI is InChI=1S/C24H32ClNO3S/c1-15-11-16-12-17(25)9-10-21(16)26(15)30(27,28)18-13-19(23(2,3)4)22(29-8)20(14-18)24(5,6)7/h9-10,12-15H,11H2,1-8H3/t15-/m1/s1. The summed E-state index contributed by atoms with van der Waals surface area (Å²) in [4.78, 5) is 0.299. The van der Waals surface area contributed by atoms with E-state index in [0.717, 1.165) is 22.4 Å². The number of fused-ring (bicyclic) bond motifs is 1. The fourth-order valence-corrected chi connectivity index (χ4v) is 6.08. The summed E-state index contributed by atoms with van der Waals surface area (Å²) in [6.07, 6.45) is 0.642. The number of hydrogen-bond donors (Lipinski definition) is 0. The van der Waals surface area contributed by atoms with Gasteiger partial charge in [0.1, 0.15) is 5.75 Å². The number of rotatable bonds is 3. The van der Waals surface area contributed by atoms with Gasteiger partial charge >= 0.3 is 0 Å². The summed E-state index contributed by atoms with van der Waals surface area (Å²) in [6.45, 7) is 14.4. The van der Waals surface area contributed by atoms with E-state index in [4.69, 9.17) is 16.3 Å². The summed E-state index contributed by atoms with van der Waals surface area (Å²) in [6, 6.07) is 8.79. The molecular weight excluding hydrogens is 418 g/mol. The summed E-state index contributed by atoms with van der Waals surface area (Å²) in [5.41, 5.74) is 2.88. The highest BCUT2D eigenvalue weighted by atomic mass is 35.5. The summed E-state index contributed by atoms with van der Waals surface area (Å²) >= 11 is 6.14. The van der Waals surface area contributed by atoms with Gasteiger partial charge in [-0.05, 0) is 60.1 Å². The van der Waals surface area contributed by atoms with Crippen molar-refractivity contribution in [2.75, 3.05) is 11.4 Å². The van der Waals surface area contributed by atoms with Crippen LogP contribution in [0.1, 0.15) is 65.2 Å². The second kappa shape index (κ2) is 7.45. The highest BCUT2D eigenvalue weighted by molar-refractivity contribution is 7.92. The van der Waals surface area contributed by atoms with E-state index in [1.165, 1.54) is 0 Å². The van der Waals surface area contributed by atoms with E-state index < -0.39 is 10.0 Å². The number of methoxy groups -OCH3 is 1. The van der Waals surface area contributed by atoms with Crippen LogP contribution in [0.15, 0.2) is 35.2 Å². The topological polar surface area (TPSA) is 46.6 Å². The Morgan fingerprint density at radius 2 is 1.53 bits per heavy atom.